The Morgan fingerprint density at radius 2 is 1.69 bits per heavy atom. The van der Waals surface area contributed by atoms with Crippen LogP contribution in [0.2, 0.25) is 0 Å². The maximum atomic E-state index is 13.9. The Balaban J connectivity index is 1.48. The Labute approximate surface area is 203 Å². The van der Waals surface area contributed by atoms with Crippen molar-refractivity contribution >= 4 is 11.6 Å². The Bertz CT molecular complexity index is 1250. The second-order valence-corrected chi connectivity index (χ2v) is 8.91. The third kappa shape index (κ3) is 3.92. The number of rotatable bonds is 6. The fraction of sp³-hybridized carbons (Fsp3) is 0.333. The van der Waals surface area contributed by atoms with Crippen LogP contribution in [0.1, 0.15) is 44.5 Å². The van der Waals surface area contributed by atoms with Gasteiger partial charge in [-0.25, -0.2) is 9.37 Å². The molecule has 8 heteroatoms. The van der Waals surface area contributed by atoms with Gasteiger partial charge in [-0.3, -0.25) is 19.4 Å². The highest BCUT2D eigenvalue weighted by atomic mass is 19.1. The second-order valence-electron chi connectivity index (χ2n) is 8.91. The van der Waals surface area contributed by atoms with Gasteiger partial charge < -0.3 is 4.74 Å². The topological polar surface area (TPSA) is 75.6 Å². The molecule has 2 heterocycles. The van der Waals surface area contributed by atoms with E-state index in [-0.39, 0.29) is 23.4 Å². The molecule has 0 amide bonds. The molecule has 1 aromatic heterocycles. The van der Waals surface area contributed by atoms with Crippen LogP contribution in [0.3, 0.4) is 0 Å². The summed E-state index contributed by atoms with van der Waals surface area (Å²) >= 11 is 0. The number of hydrogen-bond donors (Lipinski definition) is 0. The third-order valence-corrected chi connectivity index (χ3v) is 6.90. The van der Waals surface area contributed by atoms with Gasteiger partial charge in [-0.15, -0.1) is 0 Å². The van der Waals surface area contributed by atoms with Gasteiger partial charge in [0.2, 0.25) is 0 Å². The number of benzene rings is 2. The minimum atomic E-state index is -1.56. The van der Waals surface area contributed by atoms with Crippen molar-refractivity contribution in [3.8, 4) is 6.01 Å². The zero-order chi connectivity index (χ0) is 24.6. The number of fused-ring (bicyclic) bond motifs is 1. The fourth-order valence-corrected chi connectivity index (χ4v) is 5.09. The summed E-state index contributed by atoms with van der Waals surface area (Å²) in [6, 6.07) is 13.5. The Kier molecular flexibility index (Phi) is 6.17. The zero-order valence-corrected chi connectivity index (χ0v) is 19.8. The van der Waals surface area contributed by atoms with Crippen LogP contribution in [0.15, 0.2) is 54.7 Å². The van der Waals surface area contributed by atoms with Crippen LogP contribution in [0.5, 0.6) is 6.01 Å². The molecule has 0 spiro atoms. The molecular formula is C27H27FN4O3. The molecule has 5 rings (SSSR count). The second kappa shape index (κ2) is 9.28. The van der Waals surface area contributed by atoms with E-state index in [1.807, 2.05) is 18.7 Å². The van der Waals surface area contributed by atoms with Crippen LogP contribution in [0, 0.1) is 12.7 Å². The van der Waals surface area contributed by atoms with E-state index < -0.39 is 5.54 Å². The van der Waals surface area contributed by atoms with Gasteiger partial charge >= 0.3 is 6.01 Å². The minimum Gasteiger partial charge on any atom is -0.464 e. The first kappa shape index (κ1) is 23.3. The lowest BCUT2D eigenvalue weighted by atomic mass is 9.86. The molecule has 0 N–H and O–H groups in total. The summed E-state index contributed by atoms with van der Waals surface area (Å²) in [5.74, 6) is -0.792. The van der Waals surface area contributed by atoms with Gasteiger partial charge in [0.25, 0.3) is 0 Å². The molecule has 0 saturated carbocycles. The van der Waals surface area contributed by atoms with Gasteiger partial charge in [0.05, 0.1) is 12.3 Å². The molecule has 0 radical (unpaired) electrons. The van der Waals surface area contributed by atoms with Gasteiger partial charge in [0.15, 0.2) is 17.1 Å². The van der Waals surface area contributed by atoms with E-state index in [4.69, 9.17) is 4.74 Å². The molecule has 1 aliphatic carbocycles. The maximum Gasteiger partial charge on any atom is 0.316 e. The molecule has 180 valence electrons. The van der Waals surface area contributed by atoms with E-state index in [9.17, 15) is 14.0 Å². The van der Waals surface area contributed by atoms with Gasteiger partial charge in [0.1, 0.15) is 5.82 Å². The molecule has 2 aliphatic rings. The van der Waals surface area contributed by atoms with Crippen molar-refractivity contribution in [2.24, 2.45) is 0 Å². The average molecular weight is 475 g/mol. The van der Waals surface area contributed by atoms with Crippen molar-refractivity contribution in [2.45, 2.75) is 25.9 Å². The number of carbonyl (C=O) groups is 2. The van der Waals surface area contributed by atoms with Gasteiger partial charge in [-0.2, -0.15) is 4.98 Å². The van der Waals surface area contributed by atoms with E-state index in [2.05, 4.69) is 14.9 Å². The quantitative estimate of drug-likeness (QED) is 0.507. The lowest BCUT2D eigenvalue weighted by Crippen LogP contribution is -2.60. The normalized spacial score (nSPS) is 18.0. The van der Waals surface area contributed by atoms with E-state index in [1.54, 1.807) is 42.5 Å². The van der Waals surface area contributed by atoms with Crippen molar-refractivity contribution in [3.63, 3.8) is 0 Å². The predicted octanol–water partition coefficient (Wildman–Crippen LogP) is 3.42. The largest absolute Gasteiger partial charge is 0.464 e. The summed E-state index contributed by atoms with van der Waals surface area (Å²) in [5.41, 5.74) is 1.56. The summed E-state index contributed by atoms with van der Waals surface area (Å²) in [6.45, 7) is 6.98. The molecule has 0 atom stereocenters. The number of ketones is 2. The van der Waals surface area contributed by atoms with Crippen LogP contribution in [-0.2, 0) is 12.1 Å². The number of halogens is 1. The van der Waals surface area contributed by atoms with Gasteiger partial charge in [-0.1, -0.05) is 30.3 Å². The van der Waals surface area contributed by atoms with Crippen LogP contribution >= 0.6 is 0 Å². The van der Waals surface area contributed by atoms with Crippen molar-refractivity contribution in [1.29, 1.82) is 0 Å². The number of ether oxygens (including phenoxy) is 1. The molecule has 1 fully saturated rings. The first-order valence-corrected chi connectivity index (χ1v) is 11.8. The molecule has 1 saturated heterocycles. The fourth-order valence-electron chi connectivity index (χ4n) is 5.09. The molecular weight excluding hydrogens is 447 g/mol. The number of carbonyl (C=O) groups excluding carboxylic acids is 2. The first-order chi connectivity index (χ1) is 16.9. The number of piperazine rings is 1. The minimum absolute atomic E-state index is 0.140. The highest BCUT2D eigenvalue weighted by molar-refractivity contribution is 6.32. The molecule has 0 unspecified atom stereocenters. The molecule has 7 nitrogen and oxygen atoms in total. The SMILES string of the molecule is CCOc1nccc(C2(N3CCN(Cc4cc(F)ccc4C)CC3)C(=O)c3ccccc3C2=O)n1. The van der Waals surface area contributed by atoms with Gasteiger partial charge in [-0.05, 0) is 43.2 Å². The highest BCUT2D eigenvalue weighted by Gasteiger charge is 2.59. The van der Waals surface area contributed by atoms with E-state index in [0.717, 1.165) is 11.1 Å². The monoisotopic (exact) mass is 474 g/mol. The van der Waals surface area contributed by atoms with Crippen LogP contribution in [0.4, 0.5) is 4.39 Å². The lowest BCUT2D eigenvalue weighted by Gasteiger charge is -2.43. The summed E-state index contributed by atoms with van der Waals surface area (Å²) in [7, 11) is 0. The highest BCUT2D eigenvalue weighted by Crippen LogP contribution is 2.42. The van der Waals surface area contributed by atoms with Crippen LogP contribution in [0.25, 0.3) is 0 Å². The molecule has 35 heavy (non-hydrogen) atoms. The van der Waals surface area contributed by atoms with E-state index >= 15 is 0 Å². The molecule has 0 bridgehead atoms. The number of aryl methyl sites for hydroxylation is 1. The van der Waals surface area contributed by atoms with Crippen molar-refractivity contribution in [1.82, 2.24) is 19.8 Å². The number of hydrogen-bond acceptors (Lipinski definition) is 7. The molecule has 3 aromatic rings. The zero-order valence-electron chi connectivity index (χ0n) is 19.8. The van der Waals surface area contributed by atoms with E-state index in [1.165, 1.54) is 12.3 Å². The summed E-state index contributed by atoms with van der Waals surface area (Å²) in [6.07, 6.45) is 1.53. The number of aromatic nitrogens is 2. The van der Waals surface area contributed by atoms with E-state index in [0.29, 0.717) is 56.2 Å². The van der Waals surface area contributed by atoms with Crippen molar-refractivity contribution in [3.05, 3.63) is 88.5 Å². The van der Waals surface area contributed by atoms with Gasteiger partial charge in [0, 0.05) is 50.0 Å². The van der Waals surface area contributed by atoms with Crippen molar-refractivity contribution < 1.29 is 18.7 Å². The van der Waals surface area contributed by atoms with Crippen LogP contribution < -0.4 is 4.74 Å². The smallest absolute Gasteiger partial charge is 0.316 e. The summed E-state index contributed by atoms with van der Waals surface area (Å²) < 4.78 is 19.3. The summed E-state index contributed by atoms with van der Waals surface area (Å²) in [4.78, 5) is 40.7. The number of nitrogens with zero attached hydrogens (tertiary/aromatic N) is 4. The molecule has 2 aromatic carbocycles. The maximum absolute atomic E-state index is 13.9. The standard InChI is InChI=1S/C27H27FN4O3/c1-3-35-26-29-11-10-23(30-26)27(24(33)21-6-4-5-7-22(21)25(27)34)32-14-12-31(13-15-32)17-19-16-20(28)9-8-18(19)2/h4-11,16H,3,12-15,17H2,1-2H3. The number of Topliss-reactive ketones (excluding diaryl/α,β-unsaturated/α-hetero) is 2. The van der Waals surface area contributed by atoms with Crippen molar-refractivity contribution in [2.75, 3.05) is 32.8 Å². The first-order valence-electron chi connectivity index (χ1n) is 11.8. The Morgan fingerprint density at radius 1 is 1.00 bits per heavy atom. The Hall–Kier alpha value is -3.49. The average Bonchev–Trinajstić information content (AvgIpc) is 3.10. The van der Waals surface area contributed by atoms with Crippen LogP contribution in [-0.4, -0.2) is 64.1 Å². The Morgan fingerprint density at radius 3 is 2.34 bits per heavy atom. The molecule has 1 aliphatic heterocycles. The third-order valence-electron chi connectivity index (χ3n) is 6.90. The summed E-state index contributed by atoms with van der Waals surface area (Å²) in [5, 5.41) is 0. The predicted molar refractivity (Wildman–Crippen MR) is 128 cm³/mol. The lowest BCUT2D eigenvalue weighted by molar-refractivity contribution is 0.0264.